The molecule has 0 saturated heterocycles. The van der Waals surface area contributed by atoms with Crippen molar-refractivity contribution in [3.05, 3.63) is 48.0 Å². The number of carbonyl (C=O) groups is 3. The Bertz CT molecular complexity index is 949. The Balaban J connectivity index is 1.89. The van der Waals surface area contributed by atoms with Gasteiger partial charge in [-0.15, -0.1) is 0 Å². The average Bonchev–Trinajstić information content (AvgIpc) is 2.79. The summed E-state index contributed by atoms with van der Waals surface area (Å²) in [5.74, 6) is 0.147. The van der Waals surface area contributed by atoms with Crippen LogP contribution in [0.3, 0.4) is 0 Å². The highest BCUT2D eigenvalue weighted by Gasteiger charge is 2.13. The molecule has 33 heavy (non-hydrogen) atoms. The Hall–Kier alpha value is -3.79. The van der Waals surface area contributed by atoms with Crippen LogP contribution < -0.4 is 25.4 Å². The third kappa shape index (κ3) is 8.69. The molecule has 0 heterocycles. The number of benzene rings is 2. The van der Waals surface area contributed by atoms with E-state index in [4.69, 9.17) is 18.9 Å². The van der Waals surface area contributed by atoms with E-state index >= 15 is 0 Å². The van der Waals surface area contributed by atoms with Gasteiger partial charge in [0.2, 0.25) is 5.91 Å². The van der Waals surface area contributed by atoms with Crippen LogP contribution in [0.5, 0.6) is 11.5 Å². The van der Waals surface area contributed by atoms with Crippen LogP contribution in [-0.2, 0) is 14.3 Å². The maximum Gasteiger partial charge on any atom is 0.411 e. The van der Waals surface area contributed by atoms with Crippen LogP contribution in [0.25, 0.3) is 0 Å². The van der Waals surface area contributed by atoms with Gasteiger partial charge in [0.05, 0.1) is 26.4 Å². The number of ether oxygens (including phenoxy) is 4. The van der Waals surface area contributed by atoms with Gasteiger partial charge in [-0.25, -0.2) is 4.79 Å². The molecular formula is C23H29N3O7. The minimum atomic E-state index is -0.635. The molecule has 2 rings (SSSR count). The fourth-order valence-electron chi connectivity index (χ4n) is 2.71. The van der Waals surface area contributed by atoms with Gasteiger partial charge in [0.1, 0.15) is 6.61 Å². The molecular weight excluding hydrogens is 430 g/mol. The van der Waals surface area contributed by atoms with E-state index in [-0.39, 0.29) is 13.2 Å². The van der Waals surface area contributed by atoms with Crippen LogP contribution in [0.15, 0.2) is 42.5 Å². The van der Waals surface area contributed by atoms with Crippen LogP contribution in [-0.4, -0.2) is 58.0 Å². The topological polar surface area (TPSA) is 124 Å². The maximum absolute atomic E-state index is 12.5. The molecule has 0 unspecified atom stereocenters. The van der Waals surface area contributed by atoms with E-state index < -0.39 is 17.9 Å². The first-order valence-corrected chi connectivity index (χ1v) is 10.5. The minimum absolute atomic E-state index is 0.124. The normalized spacial score (nSPS) is 10.2. The number of methoxy groups -OCH3 is 1. The van der Waals surface area contributed by atoms with Crippen molar-refractivity contribution in [2.75, 3.05) is 50.7 Å². The van der Waals surface area contributed by atoms with Crippen LogP contribution in [0.1, 0.15) is 24.2 Å². The maximum atomic E-state index is 12.5. The molecule has 0 bridgehead atoms. The summed E-state index contributed by atoms with van der Waals surface area (Å²) in [5.41, 5.74) is 1.23. The third-order valence-electron chi connectivity index (χ3n) is 4.13. The fourth-order valence-corrected chi connectivity index (χ4v) is 2.71. The molecule has 3 amide bonds. The van der Waals surface area contributed by atoms with Gasteiger partial charge >= 0.3 is 6.09 Å². The summed E-state index contributed by atoms with van der Waals surface area (Å²) in [5, 5.41) is 7.78. The molecule has 3 N–H and O–H groups in total. The summed E-state index contributed by atoms with van der Waals surface area (Å²) in [7, 11) is 1.51. The number of hydrogen-bond acceptors (Lipinski definition) is 7. The van der Waals surface area contributed by atoms with Crippen LogP contribution in [0, 0.1) is 0 Å². The second-order valence-corrected chi connectivity index (χ2v) is 6.59. The van der Waals surface area contributed by atoms with Crippen LogP contribution in [0.2, 0.25) is 0 Å². The standard InChI is InChI=1S/C23H29N3O7/c1-4-31-19-10-9-16(13-20(19)32-5-2)22(28)24-15-21(27)25-17-7-6-8-18(14-17)26-23(29)33-12-11-30-3/h6-10,13-14H,4-5,11-12,15H2,1-3H3,(H,24,28)(H,25,27)(H,26,29). The molecule has 2 aromatic rings. The SMILES string of the molecule is CCOc1ccc(C(=O)NCC(=O)Nc2cccc(NC(=O)OCCOC)c2)cc1OCC. The first kappa shape index (κ1) is 25.5. The van der Waals surface area contributed by atoms with E-state index in [1.807, 2.05) is 13.8 Å². The highest BCUT2D eigenvalue weighted by molar-refractivity contribution is 6.00. The van der Waals surface area contributed by atoms with Crippen molar-refractivity contribution in [1.82, 2.24) is 5.32 Å². The molecule has 178 valence electrons. The number of anilines is 2. The van der Waals surface area contributed by atoms with E-state index in [0.29, 0.717) is 48.3 Å². The molecule has 0 aliphatic carbocycles. The number of rotatable bonds is 12. The van der Waals surface area contributed by atoms with Crippen molar-refractivity contribution in [2.24, 2.45) is 0 Å². The van der Waals surface area contributed by atoms with Gasteiger partial charge in [-0.1, -0.05) is 6.07 Å². The Kier molecular flexibility index (Phi) is 10.5. The first-order chi connectivity index (χ1) is 16.0. The van der Waals surface area contributed by atoms with E-state index in [1.165, 1.54) is 7.11 Å². The molecule has 0 aliphatic heterocycles. The highest BCUT2D eigenvalue weighted by Crippen LogP contribution is 2.28. The minimum Gasteiger partial charge on any atom is -0.490 e. The van der Waals surface area contributed by atoms with Gasteiger partial charge in [0.15, 0.2) is 11.5 Å². The molecule has 0 saturated carbocycles. The number of nitrogens with one attached hydrogen (secondary N) is 3. The Morgan fingerprint density at radius 1 is 0.848 bits per heavy atom. The van der Waals surface area contributed by atoms with Gasteiger partial charge in [-0.3, -0.25) is 14.9 Å². The third-order valence-corrected chi connectivity index (χ3v) is 4.13. The molecule has 0 aromatic heterocycles. The molecule has 0 fully saturated rings. The lowest BCUT2D eigenvalue weighted by atomic mass is 10.2. The van der Waals surface area contributed by atoms with Gasteiger partial charge in [0, 0.05) is 24.0 Å². The van der Waals surface area contributed by atoms with Gasteiger partial charge in [0.25, 0.3) is 5.91 Å². The van der Waals surface area contributed by atoms with Gasteiger partial charge in [-0.05, 0) is 50.2 Å². The molecule has 0 radical (unpaired) electrons. The number of carbonyl (C=O) groups excluding carboxylic acids is 3. The lowest BCUT2D eigenvalue weighted by Gasteiger charge is -2.13. The van der Waals surface area contributed by atoms with E-state index in [2.05, 4.69) is 16.0 Å². The molecule has 0 atom stereocenters. The molecule has 10 nitrogen and oxygen atoms in total. The van der Waals surface area contributed by atoms with Crippen molar-refractivity contribution >= 4 is 29.3 Å². The van der Waals surface area contributed by atoms with Crippen molar-refractivity contribution in [1.29, 1.82) is 0 Å². The average molecular weight is 459 g/mol. The molecule has 10 heteroatoms. The zero-order valence-electron chi connectivity index (χ0n) is 18.9. The quantitative estimate of drug-likeness (QED) is 0.417. The monoisotopic (exact) mass is 459 g/mol. The van der Waals surface area contributed by atoms with E-state index in [0.717, 1.165) is 0 Å². The Morgan fingerprint density at radius 3 is 2.24 bits per heavy atom. The number of amides is 3. The summed E-state index contributed by atoms with van der Waals surface area (Å²) < 4.78 is 20.8. The zero-order chi connectivity index (χ0) is 24.1. The fraction of sp³-hybridized carbons (Fsp3) is 0.348. The summed E-state index contributed by atoms with van der Waals surface area (Å²) in [6.07, 6.45) is -0.635. The summed E-state index contributed by atoms with van der Waals surface area (Å²) in [6.45, 7) is 4.76. The smallest absolute Gasteiger partial charge is 0.411 e. The number of hydrogen-bond donors (Lipinski definition) is 3. The van der Waals surface area contributed by atoms with Crippen molar-refractivity contribution in [2.45, 2.75) is 13.8 Å². The molecule has 0 aliphatic rings. The summed E-state index contributed by atoms with van der Waals surface area (Å²) >= 11 is 0. The predicted octanol–water partition coefficient (Wildman–Crippen LogP) is 3.05. The summed E-state index contributed by atoms with van der Waals surface area (Å²) in [6, 6.07) is 11.4. The Labute approximate surface area is 192 Å². The second kappa shape index (κ2) is 13.6. The van der Waals surface area contributed by atoms with Gasteiger partial charge < -0.3 is 29.6 Å². The summed E-state index contributed by atoms with van der Waals surface area (Å²) in [4.78, 5) is 36.4. The first-order valence-electron chi connectivity index (χ1n) is 10.5. The van der Waals surface area contributed by atoms with Crippen molar-refractivity contribution in [3.63, 3.8) is 0 Å². The molecule has 0 spiro atoms. The van der Waals surface area contributed by atoms with Crippen LogP contribution >= 0.6 is 0 Å². The van der Waals surface area contributed by atoms with Crippen molar-refractivity contribution in [3.8, 4) is 11.5 Å². The largest absolute Gasteiger partial charge is 0.490 e. The molecule has 2 aromatic carbocycles. The lowest BCUT2D eigenvalue weighted by Crippen LogP contribution is -2.32. The van der Waals surface area contributed by atoms with E-state index in [9.17, 15) is 14.4 Å². The highest BCUT2D eigenvalue weighted by atomic mass is 16.6. The second-order valence-electron chi connectivity index (χ2n) is 6.59. The predicted molar refractivity (Wildman–Crippen MR) is 123 cm³/mol. The van der Waals surface area contributed by atoms with E-state index in [1.54, 1.807) is 42.5 Å². The lowest BCUT2D eigenvalue weighted by molar-refractivity contribution is -0.115. The zero-order valence-corrected chi connectivity index (χ0v) is 18.9. The van der Waals surface area contributed by atoms with Crippen molar-refractivity contribution < 1.29 is 33.3 Å². The Morgan fingerprint density at radius 2 is 1.55 bits per heavy atom. The van der Waals surface area contributed by atoms with Gasteiger partial charge in [-0.2, -0.15) is 0 Å². The van der Waals surface area contributed by atoms with Crippen LogP contribution in [0.4, 0.5) is 16.2 Å².